The molecule has 2 amide bonds. The maximum Gasteiger partial charge on any atom is 0.312 e. The summed E-state index contributed by atoms with van der Waals surface area (Å²) in [6.07, 6.45) is 3.36. The van der Waals surface area contributed by atoms with E-state index in [-0.39, 0.29) is 17.7 Å². The highest BCUT2D eigenvalue weighted by Crippen LogP contribution is 2.61. The average molecular weight is 354 g/mol. The van der Waals surface area contributed by atoms with Gasteiger partial charge in [-0.3, -0.25) is 9.59 Å². The minimum Gasteiger partial charge on any atom is -0.388 e. The van der Waals surface area contributed by atoms with E-state index in [1.54, 1.807) is 4.90 Å². The van der Waals surface area contributed by atoms with Gasteiger partial charge in [0, 0.05) is 25.7 Å². The topological polar surface area (TPSA) is 60.9 Å². The summed E-state index contributed by atoms with van der Waals surface area (Å²) in [6, 6.07) is 10.0. The zero-order chi connectivity index (χ0) is 17.8. The Morgan fingerprint density at radius 2 is 1.73 bits per heavy atom. The Morgan fingerprint density at radius 3 is 2.38 bits per heavy atom. The summed E-state index contributed by atoms with van der Waals surface area (Å²) in [5.41, 5.74) is 0.931. The molecule has 138 valence electrons. The van der Waals surface area contributed by atoms with Gasteiger partial charge in [0.1, 0.15) is 0 Å². The van der Waals surface area contributed by atoms with Crippen LogP contribution in [0, 0.1) is 23.7 Å². The van der Waals surface area contributed by atoms with Gasteiger partial charge < -0.3 is 14.9 Å². The van der Waals surface area contributed by atoms with Gasteiger partial charge in [0.2, 0.25) is 0 Å². The second kappa shape index (κ2) is 6.08. The van der Waals surface area contributed by atoms with Crippen LogP contribution in [0.25, 0.3) is 0 Å². The van der Waals surface area contributed by atoms with Crippen molar-refractivity contribution in [3.05, 3.63) is 35.9 Å². The second-order valence-electron chi connectivity index (χ2n) is 8.57. The lowest BCUT2D eigenvalue weighted by Crippen LogP contribution is -2.50. The number of nitrogens with zero attached hydrogens (tertiary/aromatic N) is 2. The highest BCUT2D eigenvalue weighted by Gasteiger charge is 2.62. The number of hydrogen-bond donors (Lipinski definition) is 1. The van der Waals surface area contributed by atoms with Crippen LogP contribution >= 0.6 is 0 Å². The number of hydrogen-bond acceptors (Lipinski definition) is 3. The molecule has 4 fully saturated rings. The first-order valence-corrected chi connectivity index (χ1v) is 9.96. The minimum absolute atomic E-state index is 0.145. The van der Waals surface area contributed by atoms with Crippen molar-refractivity contribution in [2.75, 3.05) is 19.6 Å². The quantitative estimate of drug-likeness (QED) is 0.824. The van der Waals surface area contributed by atoms with Crippen molar-refractivity contribution < 1.29 is 14.7 Å². The van der Waals surface area contributed by atoms with E-state index in [2.05, 4.69) is 0 Å². The molecule has 1 N–H and O–H groups in total. The molecule has 2 heterocycles. The van der Waals surface area contributed by atoms with Gasteiger partial charge in [-0.05, 0) is 54.9 Å². The summed E-state index contributed by atoms with van der Waals surface area (Å²) >= 11 is 0. The predicted octanol–water partition coefficient (Wildman–Crippen LogP) is 1.83. The SMILES string of the molecule is O=C(C(=O)N1C[C@@H]2C[C@H]1[C@H]1C[C@@H]21)N1CCC(C(O)c2ccccc2)CC1. The first-order chi connectivity index (χ1) is 12.6. The Hall–Kier alpha value is -1.88. The number of aliphatic hydroxyl groups is 1. The van der Waals surface area contributed by atoms with E-state index in [0.717, 1.165) is 37.3 Å². The monoisotopic (exact) mass is 354 g/mol. The number of benzene rings is 1. The van der Waals surface area contributed by atoms with Gasteiger partial charge in [-0.25, -0.2) is 0 Å². The first kappa shape index (κ1) is 16.3. The number of likely N-dealkylation sites (tertiary alicyclic amines) is 2. The lowest BCUT2D eigenvalue weighted by molar-refractivity contribution is -0.154. The molecule has 0 spiro atoms. The third-order valence-electron chi connectivity index (χ3n) is 7.22. The summed E-state index contributed by atoms with van der Waals surface area (Å²) in [4.78, 5) is 29.0. The molecule has 5 heteroatoms. The van der Waals surface area contributed by atoms with Crippen molar-refractivity contribution in [1.82, 2.24) is 9.80 Å². The minimum atomic E-state index is -0.495. The molecule has 26 heavy (non-hydrogen) atoms. The smallest absolute Gasteiger partial charge is 0.312 e. The van der Waals surface area contributed by atoms with Crippen LogP contribution in [0.2, 0.25) is 0 Å². The molecule has 5 rings (SSSR count). The van der Waals surface area contributed by atoms with E-state index in [0.29, 0.717) is 31.0 Å². The van der Waals surface area contributed by atoms with E-state index in [9.17, 15) is 14.7 Å². The summed E-state index contributed by atoms with van der Waals surface area (Å²) < 4.78 is 0. The van der Waals surface area contributed by atoms with E-state index in [4.69, 9.17) is 0 Å². The Kier molecular flexibility index (Phi) is 3.82. The molecular weight excluding hydrogens is 328 g/mol. The molecule has 2 saturated heterocycles. The van der Waals surface area contributed by atoms with Crippen LogP contribution in [0.15, 0.2) is 30.3 Å². The van der Waals surface area contributed by atoms with Crippen LogP contribution in [-0.2, 0) is 9.59 Å². The first-order valence-electron chi connectivity index (χ1n) is 9.96. The van der Waals surface area contributed by atoms with Gasteiger partial charge in [0.05, 0.1) is 6.10 Å². The van der Waals surface area contributed by atoms with Crippen molar-refractivity contribution in [2.24, 2.45) is 23.7 Å². The number of carbonyl (C=O) groups is 2. The van der Waals surface area contributed by atoms with Crippen LogP contribution in [0.3, 0.4) is 0 Å². The van der Waals surface area contributed by atoms with Crippen LogP contribution in [0.4, 0.5) is 0 Å². The number of amides is 2. The van der Waals surface area contributed by atoms with Gasteiger partial charge in [0.15, 0.2) is 0 Å². The molecule has 5 nitrogen and oxygen atoms in total. The highest BCUT2D eigenvalue weighted by atomic mass is 16.3. The third kappa shape index (κ3) is 2.56. The molecule has 1 aromatic rings. The average Bonchev–Trinajstić information content (AvgIpc) is 3.30. The molecule has 0 radical (unpaired) electrons. The fourth-order valence-electron chi connectivity index (χ4n) is 5.67. The molecule has 5 atom stereocenters. The Morgan fingerprint density at radius 1 is 1.00 bits per heavy atom. The summed E-state index contributed by atoms with van der Waals surface area (Å²) in [5, 5.41) is 10.6. The molecule has 4 aliphatic rings. The van der Waals surface area contributed by atoms with E-state index in [1.807, 2.05) is 35.2 Å². The maximum atomic E-state index is 12.7. The number of aliphatic hydroxyl groups excluding tert-OH is 1. The Balaban J connectivity index is 1.18. The van der Waals surface area contributed by atoms with Crippen molar-refractivity contribution in [3.8, 4) is 0 Å². The molecular formula is C21H26N2O3. The molecule has 2 aliphatic heterocycles. The fraction of sp³-hybridized carbons (Fsp3) is 0.619. The molecule has 0 aromatic heterocycles. The third-order valence-corrected chi connectivity index (χ3v) is 7.22. The summed E-state index contributed by atoms with van der Waals surface area (Å²) in [7, 11) is 0. The van der Waals surface area contributed by atoms with Crippen LogP contribution < -0.4 is 0 Å². The molecule has 2 aliphatic carbocycles. The van der Waals surface area contributed by atoms with E-state index >= 15 is 0 Å². The van der Waals surface area contributed by atoms with Crippen molar-refractivity contribution in [1.29, 1.82) is 0 Å². The number of piperidine rings is 2. The Labute approximate surface area is 154 Å². The van der Waals surface area contributed by atoms with Gasteiger partial charge in [-0.2, -0.15) is 0 Å². The van der Waals surface area contributed by atoms with Crippen molar-refractivity contribution >= 4 is 11.8 Å². The van der Waals surface area contributed by atoms with Gasteiger partial charge in [-0.1, -0.05) is 30.3 Å². The van der Waals surface area contributed by atoms with Crippen LogP contribution in [-0.4, -0.2) is 52.4 Å². The zero-order valence-corrected chi connectivity index (χ0v) is 15.0. The molecule has 2 bridgehead atoms. The van der Waals surface area contributed by atoms with E-state index in [1.165, 1.54) is 6.42 Å². The molecule has 1 unspecified atom stereocenters. The van der Waals surface area contributed by atoms with Gasteiger partial charge in [0.25, 0.3) is 0 Å². The zero-order valence-electron chi connectivity index (χ0n) is 15.0. The summed E-state index contributed by atoms with van der Waals surface area (Å²) in [6.45, 7) is 1.92. The lowest BCUT2D eigenvalue weighted by Gasteiger charge is -2.35. The van der Waals surface area contributed by atoms with Crippen molar-refractivity contribution in [2.45, 2.75) is 37.8 Å². The fourth-order valence-corrected chi connectivity index (χ4v) is 5.67. The number of carbonyl (C=O) groups excluding carboxylic acids is 2. The predicted molar refractivity (Wildman–Crippen MR) is 95.9 cm³/mol. The van der Waals surface area contributed by atoms with Crippen LogP contribution in [0.1, 0.15) is 37.4 Å². The summed E-state index contributed by atoms with van der Waals surface area (Å²) in [5.74, 6) is 1.69. The largest absolute Gasteiger partial charge is 0.388 e. The lowest BCUT2D eigenvalue weighted by atomic mass is 9.87. The second-order valence-corrected chi connectivity index (χ2v) is 8.57. The molecule has 1 aromatic carbocycles. The van der Waals surface area contributed by atoms with Gasteiger partial charge in [-0.15, -0.1) is 0 Å². The Bertz CT molecular complexity index is 713. The highest BCUT2D eigenvalue weighted by molar-refractivity contribution is 6.35. The molecule has 2 saturated carbocycles. The normalized spacial score (nSPS) is 33.9. The standard InChI is InChI=1S/C21H26N2O3/c24-19(13-4-2-1-3-5-13)14-6-8-22(9-7-14)20(25)21(26)23-12-15-10-18(23)17-11-16(15)17/h1-5,14-19,24H,6-12H2/t15-,16-,17-,18-,19?/m0/s1. The van der Waals surface area contributed by atoms with Crippen molar-refractivity contribution in [3.63, 3.8) is 0 Å². The number of rotatable bonds is 2. The maximum absolute atomic E-state index is 12.7. The van der Waals surface area contributed by atoms with Crippen LogP contribution in [0.5, 0.6) is 0 Å². The number of fused-ring (bicyclic) bond motifs is 5. The van der Waals surface area contributed by atoms with E-state index < -0.39 is 6.10 Å². The van der Waals surface area contributed by atoms with Gasteiger partial charge >= 0.3 is 11.8 Å².